The third kappa shape index (κ3) is 2.39. The fourth-order valence-electron chi connectivity index (χ4n) is 2.89. The first-order valence-electron chi connectivity index (χ1n) is 6.92. The van der Waals surface area contributed by atoms with E-state index in [1.807, 2.05) is 0 Å². The predicted molar refractivity (Wildman–Crippen MR) is 74.4 cm³/mol. The van der Waals surface area contributed by atoms with Crippen LogP contribution in [0.25, 0.3) is 5.69 Å². The Morgan fingerprint density at radius 1 is 1.19 bits per heavy atom. The van der Waals surface area contributed by atoms with Gasteiger partial charge in [-0.2, -0.15) is 18.3 Å². The molecule has 1 aromatic carbocycles. The summed E-state index contributed by atoms with van der Waals surface area (Å²) < 4.78 is 40.7. The standard InChI is InChI=1S/C15H16F3N3/c1-9-6-7-10(8-12(9)15(16,17)18)21-13-5-3-2-4-11(13)14(19)20-21/h6-8H,2-5H2,1H3,(H2,19,20). The van der Waals surface area contributed by atoms with Gasteiger partial charge < -0.3 is 5.73 Å². The second-order valence-electron chi connectivity index (χ2n) is 5.43. The Kier molecular flexibility index (Phi) is 3.19. The van der Waals surface area contributed by atoms with Gasteiger partial charge in [0.1, 0.15) is 5.82 Å². The summed E-state index contributed by atoms with van der Waals surface area (Å²) in [6.45, 7) is 1.46. The fraction of sp³-hybridized carbons (Fsp3) is 0.400. The van der Waals surface area contributed by atoms with E-state index in [0.29, 0.717) is 11.5 Å². The highest BCUT2D eigenvalue weighted by Crippen LogP contribution is 2.34. The van der Waals surface area contributed by atoms with Crippen LogP contribution in [0.15, 0.2) is 18.2 Å². The molecule has 0 radical (unpaired) electrons. The van der Waals surface area contributed by atoms with Crippen molar-refractivity contribution in [3.8, 4) is 5.69 Å². The molecule has 21 heavy (non-hydrogen) atoms. The van der Waals surface area contributed by atoms with Crippen molar-refractivity contribution in [3.63, 3.8) is 0 Å². The molecule has 0 saturated carbocycles. The van der Waals surface area contributed by atoms with Gasteiger partial charge >= 0.3 is 6.18 Å². The summed E-state index contributed by atoms with van der Waals surface area (Å²) in [5.41, 5.74) is 7.82. The van der Waals surface area contributed by atoms with Crippen molar-refractivity contribution in [1.82, 2.24) is 9.78 Å². The van der Waals surface area contributed by atoms with E-state index in [2.05, 4.69) is 5.10 Å². The van der Waals surface area contributed by atoms with Crippen LogP contribution >= 0.6 is 0 Å². The molecule has 3 rings (SSSR count). The number of nitrogen functional groups attached to an aromatic ring is 1. The molecule has 1 aromatic heterocycles. The molecule has 0 fully saturated rings. The number of benzene rings is 1. The maximum Gasteiger partial charge on any atom is 0.416 e. The Balaban J connectivity index is 2.14. The van der Waals surface area contributed by atoms with Crippen LogP contribution < -0.4 is 5.73 Å². The number of nitrogens with two attached hydrogens (primary N) is 1. The van der Waals surface area contributed by atoms with E-state index < -0.39 is 11.7 Å². The molecule has 0 aliphatic heterocycles. The lowest BCUT2D eigenvalue weighted by molar-refractivity contribution is -0.138. The third-order valence-electron chi connectivity index (χ3n) is 3.98. The minimum atomic E-state index is -4.36. The second-order valence-corrected chi connectivity index (χ2v) is 5.43. The van der Waals surface area contributed by atoms with Crippen molar-refractivity contribution in [1.29, 1.82) is 0 Å². The topological polar surface area (TPSA) is 43.8 Å². The molecular weight excluding hydrogens is 279 g/mol. The first-order valence-corrected chi connectivity index (χ1v) is 6.92. The molecule has 0 atom stereocenters. The van der Waals surface area contributed by atoms with Gasteiger partial charge in [0.15, 0.2) is 0 Å². The zero-order valence-electron chi connectivity index (χ0n) is 11.7. The molecule has 1 aliphatic rings. The summed E-state index contributed by atoms with van der Waals surface area (Å²) in [5, 5.41) is 4.24. The van der Waals surface area contributed by atoms with Crippen LogP contribution in [0.1, 0.15) is 35.2 Å². The Morgan fingerprint density at radius 3 is 2.62 bits per heavy atom. The number of anilines is 1. The summed E-state index contributed by atoms with van der Waals surface area (Å²) in [6, 6.07) is 4.29. The molecule has 2 N–H and O–H groups in total. The number of halogens is 3. The van der Waals surface area contributed by atoms with Gasteiger partial charge in [-0.25, -0.2) is 4.68 Å². The predicted octanol–water partition coefficient (Wildman–Crippen LogP) is 3.66. The summed E-state index contributed by atoms with van der Waals surface area (Å²) in [7, 11) is 0. The molecule has 0 bridgehead atoms. The van der Waals surface area contributed by atoms with E-state index in [1.54, 1.807) is 10.7 Å². The SMILES string of the molecule is Cc1ccc(-n2nc(N)c3c2CCCC3)cc1C(F)(F)F. The summed E-state index contributed by atoms with van der Waals surface area (Å²) in [6.07, 6.45) is -0.659. The lowest BCUT2D eigenvalue weighted by Crippen LogP contribution is -2.11. The molecule has 0 saturated heterocycles. The average molecular weight is 295 g/mol. The van der Waals surface area contributed by atoms with Gasteiger partial charge in [0.2, 0.25) is 0 Å². The van der Waals surface area contributed by atoms with Gasteiger partial charge in [0.05, 0.1) is 11.3 Å². The second kappa shape index (κ2) is 4.79. The molecule has 1 aliphatic carbocycles. The lowest BCUT2D eigenvalue weighted by atomic mass is 9.97. The van der Waals surface area contributed by atoms with Gasteiger partial charge in [-0.05, 0) is 50.3 Å². The number of rotatable bonds is 1. The van der Waals surface area contributed by atoms with Crippen molar-refractivity contribution in [2.45, 2.75) is 38.8 Å². The molecule has 6 heteroatoms. The normalized spacial score (nSPS) is 15.0. The van der Waals surface area contributed by atoms with E-state index in [0.717, 1.165) is 43.0 Å². The van der Waals surface area contributed by atoms with Crippen molar-refractivity contribution < 1.29 is 13.2 Å². The van der Waals surface area contributed by atoms with E-state index >= 15 is 0 Å². The van der Waals surface area contributed by atoms with E-state index in [1.165, 1.54) is 13.0 Å². The van der Waals surface area contributed by atoms with Crippen LogP contribution in [-0.2, 0) is 19.0 Å². The maximum absolute atomic E-state index is 13.0. The molecule has 3 nitrogen and oxygen atoms in total. The van der Waals surface area contributed by atoms with Crippen molar-refractivity contribution >= 4 is 5.82 Å². The minimum Gasteiger partial charge on any atom is -0.382 e. The maximum atomic E-state index is 13.0. The van der Waals surface area contributed by atoms with Crippen LogP contribution in [-0.4, -0.2) is 9.78 Å². The fourth-order valence-corrected chi connectivity index (χ4v) is 2.89. The van der Waals surface area contributed by atoms with Gasteiger partial charge in [-0.1, -0.05) is 6.07 Å². The molecule has 0 spiro atoms. The van der Waals surface area contributed by atoms with Gasteiger partial charge in [0.25, 0.3) is 0 Å². The lowest BCUT2D eigenvalue weighted by Gasteiger charge is -2.16. The highest BCUT2D eigenvalue weighted by atomic mass is 19.4. The monoisotopic (exact) mass is 295 g/mol. The third-order valence-corrected chi connectivity index (χ3v) is 3.98. The zero-order chi connectivity index (χ0) is 15.2. The van der Waals surface area contributed by atoms with E-state index in [9.17, 15) is 13.2 Å². The minimum absolute atomic E-state index is 0.209. The van der Waals surface area contributed by atoms with Gasteiger partial charge in [-0.3, -0.25) is 0 Å². The number of aryl methyl sites for hydroxylation is 1. The number of hydrogen-bond donors (Lipinski definition) is 1. The number of nitrogens with zero attached hydrogens (tertiary/aromatic N) is 2. The number of hydrogen-bond acceptors (Lipinski definition) is 2. The first-order chi connectivity index (χ1) is 9.88. The number of alkyl halides is 3. The van der Waals surface area contributed by atoms with Crippen LogP contribution in [0.3, 0.4) is 0 Å². The van der Waals surface area contributed by atoms with Gasteiger partial charge in [0, 0.05) is 11.3 Å². The molecule has 1 heterocycles. The molecule has 0 amide bonds. The zero-order valence-corrected chi connectivity index (χ0v) is 11.7. The van der Waals surface area contributed by atoms with E-state index in [4.69, 9.17) is 5.73 Å². The van der Waals surface area contributed by atoms with Crippen molar-refractivity contribution in [3.05, 3.63) is 40.6 Å². The Bertz CT molecular complexity index is 686. The van der Waals surface area contributed by atoms with Crippen molar-refractivity contribution in [2.75, 3.05) is 5.73 Å². The Labute approximate surface area is 120 Å². The Morgan fingerprint density at radius 2 is 1.90 bits per heavy atom. The summed E-state index contributed by atoms with van der Waals surface area (Å²) in [5.74, 6) is 0.429. The first kappa shape index (κ1) is 14.0. The highest BCUT2D eigenvalue weighted by Gasteiger charge is 2.33. The average Bonchev–Trinajstić information content (AvgIpc) is 2.76. The summed E-state index contributed by atoms with van der Waals surface area (Å²) >= 11 is 0. The molecule has 2 aromatic rings. The molecular formula is C15H16F3N3. The molecule has 112 valence electrons. The quantitative estimate of drug-likeness (QED) is 0.872. The highest BCUT2D eigenvalue weighted by molar-refractivity contribution is 5.50. The van der Waals surface area contributed by atoms with Crippen LogP contribution in [0.4, 0.5) is 19.0 Å². The smallest absolute Gasteiger partial charge is 0.382 e. The molecule has 0 unspecified atom stereocenters. The Hall–Kier alpha value is -1.98. The van der Waals surface area contributed by atoms with Crippen LogP contribution in [0.5, 0.6) is 0 Å². The number of fused-ring (bicyclic) bond motifs is 1. The largest absolute Gasteiger partial charge is 0.416 e. The number of aromatic nitrogens is 2. The van der Waals surface area contributed by atoms with E-state index in [-0.39, 0.29) is 5.56 Å². The van der Waals surface area contributed by atoms with Crippen LogP contribution in [0, 0.1) is 6.92 Å². The van der Waals surface area contributed by atoms with Crippen LogP contribution in [0.2, 0.25) is 0 Å². The van der Waals surface area contributed by atoms with Gasteiger partial charge in [-0.15, -0.1) is 0 Å². The van der Waals surface area contributed by atoms with Crippen molar-refractivity contribution in [2.24, 2.45) is 0 Å². The summed E-state index contributed by atoms with van der Waals surface area (Å²) in [4.78, 5) is 0.